The van der Waals surface area contributed by atoms with Crippen LogP contribution in [0.25, 0.3) is 0 Å². The van der Waals surface area contributed by atoms with Crippen LogP contribution in [0, 0.1) is 0 Å². The lowest BCUT2D eigenvalue weighted by Crippen LogP contribution is -2.49. The highest BCUT2D eigenvalue weighted by Crippen LogP contribution is 2.29. The van der Waals surface area contributed by atoms with E-state index in [1.54, 1.807) is 23.7 Å². The van der Waals surface area contributed by atoms with Crippen molar-refractivity contribution < 1.29 is 9.90 Å². The van der Waals surface area contributed by atoms with Gasteiger partial charge in [-0.3, -0.25) is 4.79 Å². The smallest absolute Gasteiger partial charge is 0.255 e. The van der Waals surface area contributed by atoms with E-state index in [9.17, 15) is 9.90 Å². The van der Waals surface area contributed by atoms with Gasteiger partial charge >= 0.3 is 0 Å². The van der Waals surface area contributed by atoms with Gasteiger partial charge in [0, 0.05) is 38.6 Å². The SMILES string of the molecule is CN(CCN(C)c1ccccc1)C(=O)C1(O)CCSC1. The molecule has 1 N–H and O–H groups in total. The van der Waals surface area contributed by atoms with Gasteiger partial charge in [-0.25, -0.2) is 0 Å². The van der Waals surface area contributed by atoms with Crippen molar-refractivity contribution in [1.82, 2.24) is 4.90 Å². The van der Waals surface area contributed by atoms with E-state index in [1.165, 1.54) is 0 Å². The summed E-state index contributed by atoms with van der Waals surface area (Å²) in [5.74, 6) is 1.23. The molecule has 1 saturated heterocycles. The molecule has 2 rings (SSSR count). The Bertz CT molecular complexity index is 446. The molecule has 1 unspecified atom stereocenters. The largest absolute Gasteiger partial charge is 0.379 e. The average Bonchev–Trinajstić information content (AvgIpc) is 2.92. The molecule has 0 aliphatic carbocycles. The van der Waals surface area contributed by atoms with E-state index < -0.39 is 5.60 Å². The molecule has 1 fully saturated rings. The third kappa shape index (κ3) is 3.46. The Kier molecular flexibility index (Phi) is 4.94. The first-order chi connectivity index (χ1) is 9.53. The zero-order valence-corrected chi connectivity index (χ0v) is 12.9. The second kappa shape index (κ2) is 6.50. The van der Waals surface area contributed by atoms with Gasteiger partial charge in [-0.2, -0.15) is 11.8 Å². The highest BCUT2D eigenvalue weighted by molar-refractivity contribution is 7.99. The van der Waals surface area contributed by atoms with Gasteiger partial charge in [0.2, 0.25) is 0 Å². The Morgan fingerprint density at radius 1 is 1.30 bits per heavy atom. The van der Waals surface area contributed by atoms with Gasteiger partial charge in [-0.1, -0.05) is 18.2 Å². The molecule has 0 spiro atoms. The molecule has 1 aromatic carbocycles. The number of aliphatic hydroxyl groups is 1. The molecule has 0 radical (unpaired) electrons. The van der Waals surface area contributed by atoms with E-state index >= 15 is 0 Å². The maximum Gasteiger partial charge on any atom is 0.255 e. The summed E-state index contributed by atoms with van der Waals surface area (Å²) in [6.07, 6.45) is 0.565. The number of hydrogen-bond donors (Lipinski definition) is 1. The Hall–Kier alpha value is -1.20. The summed E-state index contributed by atoms with van der Waals surface area (Å²) in [6, 6.07) is 10.1. The first-order valence-corrected chi connectivity index (χ1v) is 8.00. The van der Waals surface area contributed by atoms with Crippen LogP contribution in [0.3, 0.4) is 0 Å². The molecule has 5 heteroatoms. The van der Waals surface area contributed by atoms with Crippen LogP contribution in [0.15, 0.2) is 30.3 Å². The lowest BCUT2D eigenvalue weighted by Gasteiger charge is -2.29. The molecule has 1 aromatic rings. The van der Waals surface area contributed by atoms with Crippen molar-refractivity contribution in [1.29, 1.82) is 0 Å². The maximum atomic E-state index is 12.3. The topological polar surface area (TPSA) is 43.8 Å². The number of likely N-dealkylation sites (N-methyl/N-ethyl adjacent to an activating group) is 2. The van der Waals surface area contributed by atoms with E-state index in [0.29, 0.717) is 18.7 Å². The van der Waals surface area contributed by atoms with Gasteiger partial charge in [0.1, 0.15) is 0 Å². The minimum atomic E-state index is -1.15. The Morgan fingerprint density at radius 3 is 2.60 bits per heavy atom. The van der Waals surface area contributed by atoms with Gasteiger partial charge in [-0.05, 0) is 24.3 Å². The van der Waals surface area contributed by atoms with Crippen molar-refractivity contribution in [3.63, 3.8) is 0 Å². The number of nitrogens with zero attached hydrogens (tertiary/aromatic N) is 2. The summed E-state index contributed by atoms with van der Waals surface area (Å²) < 4.78 is 0. The van der Waals surface area contributed by atoms with Crippen molar-refractivity contribution in [3.05, 3.63) is 30.3 Å². The minimum absolute atomic E-state index is 0.149. The third-order valence-electron chi connectivity index (χ3n) is 3.71. The van der Waals surface area contributed by atoms with E-state index in [0.717, 1.165) is 18.0 Å². The number of amides is 1. The average molecular weight is 294 g/mol. The molecule has 1 atom stereocenters. The summed E-state index contributed by atoms with van der Waals surface area (Å²) in [4.78, 5) is 16.0. The second-order valence-corrected chi connectivity index (χ2v) is 6.42. The summed E-state index contributed by atoms with van der Waals surface area (Å²) in [6.45, 7) is 1.35. The molecule has 20 heavy (non-hydrogen) atoms. The number of thioether (sulfide) groups is 1. The van der Waals surface area contributed by atoms with Crippen molar-refractivity contribution in [3.8, 4) is 0 Å². The predicted molar refractivity (Wildman–Crippen MR) is 84.2 cm³/mol. The monoisotopic (exact) mass is 294 g/mol. The standard InChI is InChI=1S/C15H22N2O2S/c1-16(13-6-4-3-5-7-13)9-10-17(2)14(18)15(19)8-11-20-12-15/h3-7,19H,8-12H2,1-2H3. The van der Waals surface area contributed by atoms with Crippen LogP contribution in [-0.2, 0) is 4.79 Å². The molecular formula is C15H22N2O2S. The van der Waals surface area contributed by atoms with Crippen molar-refractivity contribution in [2.75, 3.05) is 43.6 Å². The van der Waals surface area contributed by atoms with E-state index in [1.807, 2.05) is 37.4 Å². The molecule has 110 valence electrons. The Balaban J connectivity index is 1.86. The fourth-order valence-electron chi connectivity index (χ4n) is 2.29. The van der Waals surface area contributed by atoms with Crippen molar-refractivity contribution in [2.45, 2.75) is 12.0 Å². The van der Waals surface area contributed by atoms with Gasteiger partial charge in [-0.15, -0.1) is 0 Å². The van der Waals surface area contributed by atoms with E-state index in [2.05, 4.69) is 4.90 Å². The van der Waals surface area contributed by atoms with Crippen molar-refractivity contribution in [2.24, 2.45) is 0 Å². The van der Waals surface area contributed by atoms with Crippen molar-refractivity contribution >= 4 is 23.4 Å². The molecule has 0 saturated carbocycles. The number of rotatable bonds is 5. The lowest BCUT2D eigenvalue weighted by molar-refractivity contribution is -0.147. The number of carbonyl (C=O) groups is 1. The summed E-state index contributed by atoms with van der Waals surface area (Å²) in [7, 11) is 3.77. The van der Waals surface area contributed by atoms with E-state index in [-0.39, 0.29) is 5.91 Å². The first-order valence-electron chi connectivity index (χ1n) is 6.85. The first kappa shape index (κ1) is 15.2. The van der Waals surface area contributed by atoms with Crippen LogP contribution in [0.2, 0.25) is 0 Å². The maximum absolute atomic E-state index is 12.3. The second-order valence-electron chi connectivity index (χ2n) is 5.32. The van der Waals surface area contributed by atoms with Gasteiger partial charge < -0.3 is 14.9 Å². The highest BCUT2D eigenvalue weighted by atomic mass is 32.2. The van der Waals surface area contributed by atoms with Crippen LogP contribution in [0.4, 0.5) is 5.69 Å². The number of anilines is 1. The van der Waals surface area contributed by atoms with Crippen LogP contribution in [0.1, 0.15) is 6.42 Å². The highest BCUT2D eigenvalue weighted by Gasteiger charge is 2.41. The molecule has 1 aliphatic rings. The van der Waals surface area contributed by atoms with E-state index in [4.69, 9.17) is 0 Å². The van der Waals surface area contributed by atoms with Gasteiger partial charge in [0.25, 0.3) is 5.91 Å². The molecule has 1 aliphatic heterocycles. The van der Waals surface area contributed by atoms with Gasteiger partial charge in [0.05, 0.1) is 0 Å². The number of carbonyl (C=O) groups excluding carboxylic acids is 1. The number of para-hydroxylation sites is 1. The predicted octanol–water partition coefficient (Wildman–Crippen LogP) is 1.45. The Morgan fingerprint density at radius 2 is 2.00 bits per heavy atom. The summed E-state index contributed by atoms with van der Waals surface area (Å²) in [5, 5.41) is 10.3. The number of benzene rings is 1. The molecular weight excluding hydrogens is 272 g/mol. The molecule has 1 amide bonds. The molecule has 0 aromatic heterocycles. The summed E-state index contributed by atoms with van der Waals surface area (Å²) in [5.41, 5.74) is -0.0199. The van der Waals surface area contributed by atoms with Crippen LogP contribution >= 0.6 is 11.8 Å². The lowest BCUT2D eigenvalue weighted by atomic mass is 10.0. The fourth-order valence-corrected chi connectivity index (χ4v) is 3.52. The molecule has 4 nitrogen and oxygen atoms in total. The third-order valence-corrected chi connectivity index (χ3v) is 4.89. The Labute approximate surface area is 124 Å². The molecule has 1 heterocycles. The van der Waals surface area contributed by atoms with Gasteiger partial charge in [0.15, 0.2) is 5.60 Å². The van der Waals surface area contributed by atoms with Crippen LogP contribution in [-0.4, -0.2) is 60.2 Å². The van der Waals surface area contributed by atoms with Crippen LogP contribution < -0.4 is 4.90 Å². The van der Waals surface area contributed by atoms with Crippen LogP contribution in [0.5, 0.6) is 0 Å². The summed E-state index contributed by atoms with van der Waals surface area (Å²) >= 11 is 1.64. The fraction of sp³-hybridized carbons (Fsp3) is 0.533. The molecule has 0 bridgehead atoms. The number of hydrogen-bond acceptors (Lipinski definition) is 4. The minimum Gasteiger partial charge on any atom is -0.379 e. The quantitative estimate of drug-likeness (QED) is 0.893. The zero-order chi connectivity index (χ0) is 14.6. The zero-order valence-electron chi connectivity index (χ0n) is 12.1. The normalized spacial score (nSPS) is 21.8.